The van der Waals surface area contributed by atoms with Crippen LogP contribution < -0.4 is 10.6 Å². The summed E-state index contributed by atoms with van der Waals surface area (Å²) in [6.45, 7) is 9.57. The molecule has 4 nitrogen and oxygen atoms in total. The molecule has 0 fully saturated rings. The second-order valence-corrected chi connectivity index (χ2v) is 5.73. The van der Waals surface area contributed by atoms with E-state index in [-0.39, 0.29) is 23.8 Å². The Morgan fingerprint density at radius 3 is 2.20 bits per heavy atom. The van der Waals surface area contributed by atoms with Crippen molar-refractivity contribution in [3.05, 3.63) is 35.4 Å². The second-order valence-electron chi connectivity index (χ2n) is 5.73. The van der Waals surface area contributed by atoms with Crippen LogP contribution in [-0.4, -0.2) is 23.9 Å². The predicted molar refractivity (Wildman–Crippen MR) is 80.5 cm³/mol. The monoisotopic (exact) mass is 276 g/mol. The van der Waals surface area contributed by atoms with Crippen molar-refractivity contribution in [2.24, 2.45) is 5.92 Å². The van der Waals surface area contributed by atoms with Crippen LogP contribution in [0.1, 0.15) is 43.6 Å². The normalized spacial score (nSPS) is 12.3. The number of carbonyl (C=O) groups excluding carboxylic acids is 2. The van der Waals surface area contributed by atoms with Gasteiger partial charge in [0.15, 0.2) is 0 Å². The second kappa shape index (κ2) is 7.08. The standard InChI is InChI=1S/C16H24N2O2/c1-10(2)14(16(20)17-11(3)4)18-15(19)13-8-6-7-12(5)9-13/h6-11,14H,1-5H3,(H,17,20)(H,18,19). The highest BCUT2D eigenvalue weighted by molar-refractivity contribution is 5.97. The Morgan fingerprint density at radius 1 is 1.05 bits per heavy atom. The van der Waals surface area contributed by atoms with E-state index >= 15 is 0 Å². The number of benzene rings is 1. The maximum Gasteiger partial charge on any atom is 0.251 e. The molecule has 0 radical (unpaired) electrons. The van der Waals surface area contributed by atoms with E-state index < -0.39 is 6.04 Å². The quantitative estimate of drug-likeness (QED) is 0.866. The maximum absolute atomic E-state index is 12.2. The fraction of sp³-hybridized carbons (Fsp3) is 0.500. The van der Waals surface area contributed by atoms with Crippen LogP contribution in [0.15, 0.2) is 24.3 Å². The Labute approximate surface area is 121 Å². The van der Waals surface area contributed by atoms with Gasteiger partial charge in [-0.05, 0) is 38.8 Å². The number of nitrogens with one attached hydrogen (secondary N) is 2. The van der Waals surface area contributed by atoms with Gasteiger partial charge in [0.05, 0.1) is 0 Å². The SMILES string of the molecule is Cc1cccc(C(=O)NC(C(=O)NC(C)C)C(C)C)c1. The van der Waals surface area contributed by atoms with Gasteiger partial charge in [-0.25, -0.2) is 0 Å². The Bertz CT molecular complexity index is 481. The van der Waals surface area contributed by atoms with E-state index in [0.29, 0.717) is 5.56 Å². The van der Waals surface area contributed by atoms with Gasteiger partial charge in [0.2, 0.25) is 5.91 Å². The summed E-state index contributed by atoms with van der Waals surface area (Å²) in [6, 6.07) is 6.86. The van der Waals surface area contributed by atoms with E-state index in [1.54, 1.807) is 6.07 Å². The summed E-state index contributed by atoms with van der Waals surface area (Å²) < 4.78 is 0. The number of hydrogen-bond acceptors (Lipinski definition) is 2. The number of amides is 2. The first-order valence-electron chi connectivity index (χ1n) is 6.99. The zero-order valence-corrected chi connectivity index (χ0v) is 12.9. The van der Waals surface area contributed by atoms with E-state index in [2.05, 4.69) is 10.6 Å². The molecule has 0 saturated carbocycles. The highest BCUT2D eigenvalue weighted by atomic mass is 16.2. The molecule has 0 aliphatic heterocycles. The van der Waals surface area contributed by atoms with Gasteiger partial charge in [-0.15, -0.1) is 0 Å². The Balaban J connectivity index is 2.80. The fourth-order valence-corrected chi connectivity index (χ4v) is 1.92. The summed E-state index contributed by atoms with van der Waals surface area (Å²) in [4.78, 5) is 24.3. The third kappa shape index (κ3) is 4.68. The van der Waals surface area contributed by atoms with Crippen molar-refractivity contribution in [1.82, 2.24) is 10.6 Å². The number of carbonyl (C=O) groups is 2. The van der Waals surface area contributed by atoms with Crippen LogP contribution in [0, 0.1) is 12.8 Å². The van der Waals surface area contributed by atoms with Crippen LogP contribution in [0.5, 0.6) is 0 Å². The molecule has 0 aliphatic rings. The van der Waals surface area contributed by atoms with Crippen molar-refractivity contribution in [3.8, 4) is 0 Å². The number of aryl methyl sites for hydroxylation is 1. The lowest BCUT2D eigenvalue weighted by molar-refractivity contribution is -0.124. The smallest absolute Gasteiger partial charge is 0.251 e. The van der Waals surface area contributed by atoms with Crippen molar-refractivity contribution in [1.29, 1.82) is 0 Å². The summed E-state index contributed by atoms with van der Waals surface area (Å²) in [5, 5.41) is 5.65. The molecule has 0 spiro atoms. The zero-order valence-electron chi connectivity index (χ0n) is 12.9. The Hall–Kier alpha value is -1.84. The lowest BCUT2D eigenvalue weighted by Gasteiger charge is -2.23. The maximum atomic E-state index is 12.2. The lowest BCUT2D eigenvalue weighted by Crippen LogP contribution is -2.51. The van der Waals surface area contributed by atoms with Crippen LogP contribution in [0.3, 0.4) is 0 Å². The average molecular weight is 276 g/mol. The average Bonchev–Trinajstić information content (AvgIpc) is 2.34. The molecular formula is C16H24N2O2. The molecule has 2 amide bonds. The van der Waals surface area contributed by atoms with Gasteiger partial charge in [0.1, 0.15) is 6.04 Å². The minimum absolute atomic E-state index is 0.0301. The Morgan fingerprint density at radius 2 is 1.70 bits per heavy atom. The van der Waals surface area contributed by atoms with E-state index in [9.17, 15) is 9.59 Å². The molecule has 0 saturated heterocycles. The summed E-state index contributed by atoms with van der Waals surface area (Å²) in [7, 11) is 0. The van der Waals surface area contributed by atoms with Crippen molar-refractivity contribution in [3.63, 3.8) is 0 Å². The van der Waals surface area contributed by atoms with Gasteiger partial charge < -0.3 is 10.6 Å². The van der Waals surface area contributed by atoms with Crippen molar-refractivity contribution >= 4 is 11.8 Å². The topological polar surface area (TPSA) is 58.2 Å². The molecule has 4 heteroatoms. The Kier molecular flexibility index (Phi) is 5.74. The van der Waals surface area contributed by atoms with Gasteiger partial charge in [-0.3, -0.25) is 9.59 Å². The predicted octanol–water partition coefficient (Wildman–Crippen LogP) is 2.27. The molecule has 110 valence electrons. The van der Waals surface area contributed by atoms with Crippen molar-refractivity contribution in [2.45, 2.75) is 46.7 Å². The van der Waals surface area contributed by atoms with Gasteiger partial charge in [0.25, 0.3) is 5.91 Å². The summed E-state index contributed by atoms with van der Waals surface area (Å²) >= 11 is 0. The van der Waals surface area contributed by atoms with Gasteiger partial charge in [-0.2, -0.15) is 0 Å². The summed E-state index contributed by atoms with van der Waals surface area (Å²) in [5.41, 5.74) is 1.60. The van der Waals surface area contributed by atoms with E-state index in [1.807, 2.05) is 52.8 Å². The van der Waals surface area contributed by atoms with Crippen LogP contribution in [0.25, 0.3) is 0 Å². The van der Waals surface area contributed by atoms with Crippen LogP contribution in [0.4, 0.5) is 0 Å². The molecule has 0 aromatic heterocycles. The summed E-state index contributed by atoms with van der Waals surface area (Å²) in [5.74, 6) is -0.329. The van der Waals surface area contributed by atoms with Crippen molar-refractivity contribution < 1.29 is 9.59 Å². The molecule has 1 unspecified atom stereocenters. The number of rotatable bonds is 5. The lowest BCUT2D eigenvalue weighted by atomic mass is 10.0. The molecule has 1 aromatic carbocycles. The third-order valence-electron chi connectivity index (χ3n) is 2.95. The zero-order chi connectivity index (χ0) is 15.3. The van der Waals surface area contributed by atoms with E-state index in [0.717, 1.165) is 5.56 Å². The molecule has 20 heavy (non-hydrogen) atoms. The molecule has 0 aliphatic carbocycles. The molecule has 2 N–H and O–H groups in total. The first-order chi connectivity index (χ1) is 9.31. The van der Waals surface area contributed by atoms with Gasteiger partial charge in [0, 0.05) is 11.6 Å². The minimum atomic E-state index is -0.523. The highest BCUT2D eigenvalue weighted by Gasteiger charge is 2.24. The molecule has 1 aromatic rings. The number of hydrogen-bond donors (Lipinski definition) is 2. The molecule has 0 heterocycles. The largest absolute Gasteiger partial charge is 0.352 e. The molecule has 1 atom stereocenters. The van der Waals surface area contributed by atoms with Crippen LogP contribution in [-0.2, 0) is 4.79 Å². The molecule has 1 rings (SSSR count). The first-order valence-corrected chi connectivity index (χ1v) is 6.99. The van der Waals surface area contributed by atoms with Crippen LogP contribution >= 0.6 is 0 Å². The minimum Gasteiger partial charge on any atom is -0.352 e. The van der Waals surface area contributed by atoms with Crippen LogP contribution in [0.2, 0.25) is 0 Å². The highest BCUT2D eigenvalue weighted by Crippen LogP contribution is 2.07. The van der Waals surface area contributed by atoms with Crippen molar-refractivity contribution in [2.75, 3.05) is 0 Å². The first kappa shape index (κ1) is 16.2. The van der Waals surface area contributed by atoms with E-state index in [1.165, 1.54) is 0 Å². The molecular weight excluding hydrogens is 252 g/mol. The van der Waals surface area contributed by atoms with Gasteiger partial charge >= 0.3 is 0 Å². The third-order valence-corrected chi connectivity index (χ3v) is 2.95. The van der Waals surface area contributed by atoms with Gasteiger partial charge in [-0.1, -0.05) is 31.5 Å². The fourth-order valence-electron chi connectivity index (χ4n) is 1.92. The summed E-state index contributed by atoms with van der Waals surface area (Å²) in [6.07, 6.45) is 0. The van der Waals surface area contributed by atoms with E-state index in [4.69, 9.17) is 0 Å². The molecule has 0 bridgehead atoms.